The van der Waals surface area contributed by atoms with E-state index < -0.39 is 0 Å². The maximum Gasteiger partial charge on any atom is 0.236 e. The van der Waals surface area contributed by atoms with Gasteiger partial charge in [0.2, 0.25) is 5.91 Å². The number of amides is 1. The number of fused-ring (bicyclic) bond motifs is 1. The minimum absolute atomic E-state index is 0.168. The smallest absolute Gasteiger partial charge is 0.236 e. The summed E-state index contributed by atoms with van der Waals surface area (Å²) in [6.07, 6.45) is 4.12. The van der Waals surface area contributed by atoms with Crippen LogP contribution in [0.25, 0.3) is 10.2 Å². The van der Waals surface area contributed by atoms with E-state index in [-0.39, 0.29) is 11.7 Å². The third-order valence-corrected chi connectivity index (χ3v) is 7.44. The summed E-state index contributed by atoms with van der Waals surface area (Å²) in [6.45, 7) is 2.44. The number of carbonyl (C=O) groups excluding carboxylic acids is 1. The monoisotopic (exact) mass is 423 g/mol. The number of carbonyl (C=O) groups is 1. The molecular formula is C24H26FN3OS. The van der Waals surface area contributed by atoms with Gasteiger partial charge in [-0.2, -0.15) is 0 Å². The summed E-state index contributed by atoms with van der Waals surface area (Å²) >= 11 is 1.78. The van der Waals surface area contributed by atoms with Gasteiger partial charge in [-0.3, -0.25) is 9.69 Å². The third-order valence-electron chi connectivity index (χ3n) is 6.24. The quantitative estimate of drug-likeness (QED) is 0.571. The topological polar surface area (TPSA) is 36.4 Å². The molecule has 0 radical (unpaired) electrons. The highest BCUT2D eigenvalue weighted by molar-refractivity contribution is 7.18. The lowest BCUT2D eigenvalue weighted by atomic mass is 9.97. The largest absolute Gasteiger partial charge is 0.342 e. The molecule has 1 saturated carbocycles. The highest BCUT2D eigenvalue weighted by Crippen LogP contribution is 2.34. The molecule has 0 unspecified atom stereocenters. The van der Waals surface area contributed by atoms with Gasteiger partial charge in [-0.25, -0.2) is 9.37 Å². The summed E-state index contributed by atoms with van der Waals surface area (Å²) in [5, 5.41) is 1.20. The molecule has 2 aromatic carbocycles. The van der Waals surface area contributed by atoms with Gasteiger partial charge in [0.05, 0.1) is 21.8 Å². The molecule has 1 amide bonds. The summed E-state index contributed by atoms with van der Waals surface area (Å²) in [5.74, 6) is 0.414. The Bertz CT molecular complexity index is 1010. The van der Waals surface area contributed by atoms with Crippen molar-refractivity contribution in [2.45, 2.75) is 44.2 Å². The first kappa shape index (κ1) is 19.6. The summed E-state index contributed by atoms with van der Waals surface area (Å²) in [6, 6.07) is 15.6. The molecule has 5 rings (SSSR count). The maximum absolute atomic E-state index is 14.1. The van der Waals surface area contributed by atoms with E-state index in [1.807, 2.05) is 23.1 Å². The average Bonchev–Trinajstić information content (AvgIpc) is 3.53. The second-order valence-corrected chi connectivity index (χ2v) is 9.46. The second kappa shape index (κ2) is 8.44. The van der Waals surface area contributed by atoms with Crippen LogP contribution < -0.4 is 0 Å². The molecule has 30 heavy (non-hydrogen) atoms. The van der Waals surface area contributed by atoms with Gasteiger partial charge in [-0.05, 0) is 43.9 Å². The van der Waals surface area contributed by atoms with Crippen molar-refractivity contribution < 1.29 is 9.18 Å². The Morgan fingerprint density at radius 3 is 2.53 bits per heavy atom. The molecule has 2 heterocycles. The lowest BCUT2D eigenvalue weighted by Crippen LogP contribution is -2.44. The fraction of sp³-hybridized carbons (Fsp3) is 0.417. The lowest BCUT2D eigenvalue weighted by molar-refractivity contribution is -0.133. The molecule has 0 N–H and O–H groups in total. The highest BCUT2D eigenvalue weighted by Gasteiger charge is 2.33. The summed E-state index contributed by atoms with van der Waals surface area (Å²) < 4.78 is 15.3. The first-order valence-corrected chi connectivity index (χ1v) is 11.6. The van der Waals surface area contributed by atoms with Crippen LogP contribution in [0.2, 0.25) is 0 Å². The molecule has 4 nitrogen and oxygen atoms in total. The molecule has 3 aromatic rings. The Kier molecular flexibility index (Phi) is 5.52. The fourth-order valence-corrected chi connectivity index (χ4v) is 5.45. The zero-order valence-electron chi connectivity index (χ0n) is 17.0. The van der Waals surface area contributed by atoms with E-state index in [2.05, 4.69) is 23.1 Å². The minimum atomic E-state index is -0.188. The number of piperidine rings is 1. The average molecular weight is 424 g/mol. The van der Waals surface area contributed by atoms with Crippen molar-refractivity contribution in [3.05, 3.63) is 64.9 Å². The van der Waals surface area contributed by atoms with Crippen molar-refractivity contribution in [2.24, 2.45) is 0 Å². The van der Waals surface area contributed by atoms with Crippen LogP contribution in [0, 0.1) is 5.82 Å². The Balaban J connectivity index is 1.19. The van der Waals surface area contributed by atoms with Gasteiger partial charge >= 0.3 is 0 Å². The van der Waals surface area contributed by atoms with Crippen LogP contribution in [0.15, 0.2) is 48.5 Å². The molecular weight excluding hydrogens is 397 g/mol. The lowest BCUT2D eigenvalue weighted by Gasteiger charge is -2.33. The van der Waals surface area contributed by atoms with Crippen LogP contribution in [0.1, 0.15) is 42.2 Å². The number of aromatic nitrogens is 1. The van der Waals surface area contributed by atoms with Crippen molar-refractivity contribution in [1.82, 2.24) is 14.8 Å². The maximum atomic E-state index is 14.1. The summed E-state index contributed by atoms with van der Waals surface area (Å²) in [5.41, 5.74) is 1.75. The molecule has 6 heteroatoms. The van der Waals surface area contributed by atoms with Crippen molar-refractivity contribution in [3.63, 3.8) is 0 Å². The predicted octanol–water partition coefficient (Wildman–Crippen LogP) is 4.81. The predicted molar refractivity (Wildman–Crippen MR) is 118 cm³/mol. The highest BCUT2D eigenvalue weighted by atomic mass is 32.1. The van der Waals surface area contributed by atoms with E-state index in [4.69, 9.17) is 4.98 Å². The standard InChI is InChI=1S/C24H26FN3OS/c25-20-6-2-1-5-18(20)15-28(19-9-10-19)16-23(29)27-13-11-17(12-14-27)24-26-21-7-3-4-8-22(21)30-24/h1-8,17,19H,9-16H2. The molecule has 156 valence electrons. The van der Waals surface area contributed by atoms with E-state index in [1.54, 1.807) is 17.4 Å². The Labute approximate surface area is 180 Å². The van der Waals surface area contributed by atoms with Crippen LogP contribution in [0.4, 0.5) is 4.39 Å². The molecule has 2 aliphatic rings. The Morgan fingerprint density at radius 2 is 1.80 bits per heavy atom. The van der Waals surface area contributed by atoms with E-state index >= 15 is 0 Å². The fourth-order valence-electron chi connectivity index (χ4n) is 4.31. The van der Waals surface area contributed by atoms with E-state index in [0.29, 0.717) is 30.6 Å². The van der Waals surface area contributed by atoms with Gasteiger partial charge in [0.1, 0.15) is 5.82 Å². The van der Waals surface area contributed by atoms with Crippen molar-refractivity contribution in [1.29, 1.82) is 0 Å². The van der Waals surface area contributed by atoms with Crippen LogP contribution >= 0.6 is 11.3 Å². The van der Waals surface area contributed by atoms with Gasteiger partial charge in [0.15, 0.2) is 0 Å². The molecule has 0 atom stereocenters. The van der Waals surface area contributed by atoms with E-state index in [9.17, 15) is 9.18 Å². The number of para-hydroxylation sites is 1. The normalized spacial score (nSPS) is 17.7. The first-order chi connectivity index (χ1) is 14.7. The number of nitrogens with zero attached hydrogens (tertiary/aromatic N) is 3. The number of hydrogen-bond donors (Lipinski definition) is 0. The van der Waals surface area contributed by atoms with E-state index in [0.717, 1.165) is 44.3 Å². The van der Waals surface area contributed by atoms with Gasteiger partial charge in [0, 0.05) is 37.2 Å². The molecule has 1 aliphatic carbocycles. The Hall–Kier alpha value is -2.31. The van der Waals surface area contributed by atoms with Crippen molar-refractivity contribution in [2.75, 3.05) is 19.6 Å². The van der Waals surface area contributed by atoms with Crippen molar-refractivity contribution >= 4 is 27.5 Å². The van der Waals surface area contributed by atoms with Crippen LogP contribution in [-0.2, 0) is 11.3 Å². The number of halogens is 1. The second-order valence-electron chi connectivity index (χ2n) is 8.40. The Morgan fingerprint density at radius 1 is 1.07 bits per heavy atom. The number of thiazole rings is 1. The van der Waals surface area contributed by atoms with Gasteiger partial charge < -0.3 is 4.90 Å². The van der Waals surface area contributed by atoms with Crippen LogP contribution in [-0.4, -0.2) is 46.4 Å². The zero-order valence-corrected chi connectivity index (χ0v) is 17.8. The number of likely N-dealkylation sites (tertiary alicyclic amines) is 1. The van der Waals surface area contributed by atoms with Crippen LogP contribution in [0.5, 0.6) is 0 Å². The minimum Gasteiger partial charge on any atom is -0.342 e. The summed E-state index contributed by atoms with van der Waals surface area (Å²) in [7, 11) is 0. The van der Waals surface area contributed by atoms with Gasteiger partial charge in [-0.15, -0.1) is 11.3 Å². The molecule has 1 saturated heterocycles. The van der Waals surface area contributed by atoms with Gasteiger partial charge in [0.25, 0.3) is 0 Å². The van der Waals surface area contributed by atoms with Crippen molar-refractivity contribution in [3.8, 4) is 0 Å². The number of benzene rings is 2. The zero-order chi connectivity index (χ0) is 20.5. The molecule has 2 fully saturated rings. The third kappa shape index (κ3) is 4.25. The summed E-state index contributed by atoms with van der Waals surface area (Å²) in [4.78, 5) is 21.9. The molecule has 1 aliphatic heterocycles. The number of hydrogen-bond acceptors (Lipinski definition) is 4. The van der Waals surface area contributed by atoms with Crippen LogP contribution in [0.3, 0.4) is 0 Å². The first-order valence-electron chi connectivity index (χ1n) is 10.8. The number of rotatable bonds is 6. The van der Waals surface area contributed by atoms with E-state index in [1.165, 1.54) is 15.8 Å². The van der Waals surface area contributed by atoms with Gasteiger partial charge in [-0.1, -0.05) is 30.3 Å². The molecule has 1 aromatic heterocycles. The SMILES string of the molecule is O=C(CN(Cc1ccccc1F)C1CC1)N1CCC(c2nc3ccccc3s2)CC1. The molecule has 0 bridgehead atoms. The molecule has 0 spiro atoms.